The molecule has 0 aromatic carbocycles. The summed E-state index contributed by atoms with van der Waals surface area (Å²) in [4.78, 5) is 12.0. The molecule has 6 heteroatoms. The number of hydrogen-bond acceptors (Lipinski definition) is 3. The van der Waals surface area contributed by atoms with Gasteiger partial charge in [-0.1, -0.05) is 0 Å². The van der Waals surface area contributed by atoms with Gasteiger partial charge >= 0.3 is 0 Å². The predicted octanol–water partition coefficient (Wildman–Crippen LogP) is 1.23. The van der Waals surface area contributed by atoms with Crippen LogP contribution < -0.4 is 5.56 Å². The van der Waals surface area contributed by atoms with E-state index in [1.165, 1.54) is 0 Å². The van der Waals surface area contributed by atoms with E-state index in [4.69, 9.17) is 0 Å². The highest BCUT2D eigenvalue weighted by Crippen LogP contribution is 2.33. The van der Waals surface area contributed by atoms with Crippen molar-refractivity contribution < 1.29 is 0 Å². The van der Waals surface area contributed by atoms with Crippen LogP contribution in [0.3, 0.4) is 0 Å². The van der Waals surface area contributed by atoms with Gasteiger partial charge in [-0.2, -0.15) is 10.2 Å². The molecule has 3 rings (SSSR count). The van der Waals surface area contributed by atoms with Crippen molar-refractivity contribution in [1.82, 2.24) is 19.6 Å². The topological polar surface area (TPSA) is 52.7 Å². The van der Waals surface area contributed by atoms with Crippen LogP contribution in [0.25, 0.3) is 10.9 Å². The van der Waals surface area contributed by atoms with Crippen molar-refractivity contribution in [2.75, 3.05) is 0 Å². The molecule has 2 heterocycles. The monoisotopic (exact) mass is 268 g/mol. The Labute approximate surface area is 93.8 Å². The van der Waals surface area contributed by atoms with E-state index in [2.05, 4.69) is 26.1 Å². The zero-order valence-corrected chi connectivity index (χ0v) is 9.73. The zero-order valence-electron chi connectivity index (χ0n) is 8.14. The molecule has 0 radical (unpaired) electrons. The Morgan fingerprint density at radius 3 is 2.93 bits per heavy atom. The van der Waals surface area contributed by atoms with Gasteiger partial charge in [0.2, 0.25) is 0 Å². The molecular weight excluding hydrogens is 260 g/mol. The molecule has 0 aliphatic heterocycles. The number of halogens is 1. The van der Waals surface area contributed by atoms with Crippen molar-refractivity contribution in [3.63, 3.8) is 0 Å². The Hall–Kier alpha value is -1.17. The van der Waals surface area contributed by atoms with Crippen LogP contribution in [0.15, 0.2) is 15.6 Å². The van der Waals surface area contributed by atoms with Gasteiger partial charge in [-0.3, -0.25) is 9.48 Å². The highest BCUT2D eigenvalue weighted by Gasteiger charge is 2.27. The zero-order chi connectivity index (χ0) is 10.6. The summed E-state index contributed by atoms with van der Waals surface area (Å²) in [5.41, 5.74) is 0.405. The maximum atomic E-state index is 12.0. The normalized spacial score (nSPS) is 16.1. The van der Waals surface area contributed by atoms with Gasteiger partial charge in [-0.15, -0.1) is 0 Å². The van der Waals surface area contributed by atoms with Crippen LogP contribution in [0.1, 0.15) is 18.9 Å². The quantitative estimate of drug-likeness (QED) is 0.782. The molecule has 0 N–H and O–H groups in total. The van der Waals surface area contributed by atoms with Crippen molar-refractivity contribution in [3.05, 3.63) is 21.2 Å². The highest BCUT2D eigenvalue weighted by atomic mass is 79.9. The molecule has 0 unspecified atom stereocenters. The molecule has 1 aliphatic rings. The van der Waals surface area contributed by atoms with E-state index in [9.17, 15) is 4.79 Å². The van der Waals surface area contributed by atoms with Crippen molar-refractivity contribution in [2.45, 2.75) is 18.9 Å². The van der Waals surface area contributed by atoms with E-state index >= 15 is 0 Å². The molecule has 15 heavy (non-hydrogen) atoms. The van der Waals surface area contributed by atoms with E-state index in [1.807, 2.05) is 0 Å². The van der Waals surface area contributed by atoms with Crippen molar-refractivity contribution in [3.8, 4) is 0 Å². The van der Waals surface area contributed by atoms with Crippen molar-refractivity contribution in [2.24, 2.45) is 7.05 Å². The minimum absolute atomic E-state index is 0.0868. The fourth-order valence-corrected chi connectivity index (χ4v) is 2.02. The van der Waals surface area contributed by atoms with E-state index in [1.54, 1.807) is 22.6 Å². The molecule has 0 spiro atoms. The van der Waals surface area contributed by atoms with Gasteiger partial charge in [0.15, 0.2) is 5.52 Å². The SMILES string of the molecule is Cn1nc2c(=O)n(C3CC3)ncc2c1Br. The van der Waals surface area contributed by atoms with E-state index in [0.29, 0.717) is 11.6 Å². The largest absolute Gasteiger partial charge is 0.295 e. The first-order valence-corrected chi connectivity index (χ1v) is 5.58. The smallest absolute Gasteiger partial charge is 0.265 e. The number of nitrogens with zero attached hydrogens (tertiary/aromatic N) is 4. The third-order valence-electron chi connectivity index (χ3n) is 2.63. The molecule has 2 aromatic rings. The van der Waals surface area contributed by atoms with E-state index in [-0.39, 0.29) is 5.56 Å². The lowest BCUT2D eigenvalue weighted by Gasteiger charge is -1.99. The Kier molecular flexibility index (Phi) is 1.76. The molecular formula is C9H9BrN4O. The number of rotatable bonds is 1. The Morgan fingerprint density at radius 1 is 1.53 bits per heavy atom. The summed E-state index contributed by atoms with van der Waals surface area (Å²) in [6.07, 6.45) is 3.80. The summed E-state index contributed by atoms with van der Waals surface area (Å²) < 4.78 is 3.98. The number of aromatic nitrogens is 4. The minimum Gasteiger partial charge on any atom is -0.265 e. The Balaban J connectivity index is 2.37. The average Bonchev–Trinajstić information content (AvgIpc) is 2.99. The first kappa shape index (κ1) is 9.08. The lowest BCUT2D eigenvalue weighted by Crippen LogP contribution is -2.21. The third-order valence-corrected chi connectivity index (χ3v) is 3.57. The third kappa shape index (κ3) is 1.24. The van der Waals surface area contributed by atoms with Crippen LogP contribution in [-0.2, 0) is 7.05 Å². The van der Waals surface area contributed by atoms with Crippen LogP contribution >= 0.6 is 15.9 Å². The molecule has 78 valence electrons. The lowest BCUT2D eigenvalue weighted by atomic mass is 10.4. The molecule has 0 atom stereocenters. The molecule has 0 bridgehead atoms. The molecule has 5 nitrogen and oxygen atoms in total. The van der Waals surface area contributed by atoms with Crippen LogP contribution in [0, 0.1) is 0 Å². The van der Waals surface area contributed by atoms with E-state index < -0.39 is 0 Å². The van der Waals surface area contributed by atoms with Gasteiger partial charge in [-0.05, 0) is 28.8 Å². The van der Waals surface area contributed by atoms with Gasteiger partial charge in [0, 0.05) is 7.05 Å². The second-order valence-electron chi connectivity index (χ2n) is 3.80. The fourth-order valence-electron chi connectivity index (χ4n) is 1.65. The van der Waals surface area contributed by atoms with Gasteiger partial charge < -0.3 is 0 Å². The summed E-state index contributed by atoms with van der Waals surface area (Å²) in [6.45, 7) is 0. The second kappa shape index (κ2) is 2.91. The van der Waals surface area contributed by atoms with Gasteiger partial charge in [0.1, 0.15) is 4.60 Å². The summed E-state index contributed by atoms with van der Waals surface area (Å²) in [6, 6.07) is 0.294. The molecule has 0 saturated heterocycles. The standard InChI is InChI=1S/C9H9BrN4O/c1-13-8(10)6-4-11-14(5-2-3-5)9(15)7(6)12-13/h4-5H,2-3H2,1H3. The van der Waals surface area contributed by atoms with E-state index in [0.717, 1.165) is 22.8 Å². The highest BCUT2D eigenvalue weighted by molar-refractivity contribution is 9.10. The minimum atomic E-state index is -0.0868. The number of hydrogen-bond donors (Lipinski definition) is 0. The van der Waals surface area contributed by atoms with Gasteiger partial charge in [0.05, 0.1) is 17.6 Å². The fraction of sp³-hybridized carbons (Fsp3) is 0.444. The molecule has 1 saturated carbocycles. The van der Waals surface area contributed by atoms with Crippen LogP contribution in [0.2, 0.25) is 0 Å². The first-order valence-electron chi connectivity index (χ1n) is 4.78. The Morgan fingerprint density at radius 2 is 2.27 bits per heavy atom. The maximum Gasteiger partial charge on any atom is 0.295 e. The summed E-state index contributed by atoms with van der Waals surface area (Å²) in [5, 5.41) is 9.12. The average molecular weight is 269 g/mol. The molecule has 0 amide bonds. The lowest BCUT2D eigenvalue weighted by molar-refractivity contribution is 0.604. The van der Waals surface area contributed by atoms with Crippen molar-refractivity contribution >= 4 is 26.8 Å². The maximum absolute atomic E-state index is 12.0. The van der Waals surface area contributed by atoms with Crippen LogP contribution in [0.5, 0.6) is 0 Å². The number of fused-ring (bicyclic) bond motifs is 1. The molecule has 1 fully saturated rings. The second-order valence-corrected chi connectivity index (χ2v) is 4.55. The number of aryl methyl sites for hydroxylation is 1. The summed E-state index contributed by atoms with van der Waals surface area (Å²) in [7, 11) is 1.80. The molecule has 2 aromatic heterocycles. The van der Waals surface area contributed by atoms with Crippen LogP contribution in [0.4, 0.5) is 0 Å². The van der Waals surface area contributed by atoms with Crippen LogP contribution in [-0.4, -0.2) is 19.6 Å². The van der Waals surface area contributed by atoms with Gasteiger partial charge in [-0.25, -0.2) is 4.68 Å². The first-order chi connectivity index (χ1) is 7.18. The summed E-state index contributed by atoms with van der Waals surface area (Å²) in [5.74, 6) is 0. The summed E-state index contributed by atoms with van der Waals surface area (Å²) >= 11 is 3.37. The predicted molar refractivity (Wildman–Crippen MR) is 58.7 cm³/mol. The molecule has 1 aliphatic carbocycles. The Bertz CT molecular complexity index is 596. The van der Waals surface area contributed by atoms with Gasteiger partial charge in [0.25, 0.3) is 5.56 Å². The van der Waals surface area contributed by atoms with Crippen molar-refractivity contribution in [1.29, 1.82) is 0 Å².